The summed E-state index contributed by atoms with van der Waals surface area (Å²) in [5.41, 5.74) is 0.756. The predicted molar refractivity (Wildman–Crippen MR) is 66.1 cm³/mol. The molecule has 1 heteroatoms. The Labute approximate surface area is 99.6 Å². The Morgan fingerprint density at radius 1 is 1.00 bits per heavy atom. The van der Waals surface area contributed by atoms with Crippen LogP contribution in [-0.2, 0) is 0 Å². The van der Waals surface area contributed by atoms with Crippen LogP contribution < -0.4 is 0 Å². The molecule has 0 spiro atoms. The standard InChI is InChI=1S/C15H26O/c1-10(2)15(16)9-12-13(3)5-6-14(12,4)8-11(15)7-13/h10-12,16H,5-9H2,1-4H3/t11?,12?,13-,14+,15-/m1/s1. The van der Waals surface area contributed by atoms with Crippen LogP contribution in [0.25, 0.3) is 0 Å². The van der Waals surface area contributed by atoms with Gasteiger partial charge < -0.3 is 5.11 Å². The third-order valence-corrected chi connectivity index (χ3v) is 6.61. The topological polar surface area (TPSA) is 20.2 Å². The largest absolute Gasteiger partial charge is 0.389 e. The summed E-state index contributed by atoms with van der Waals surface area (Å²) in [6.07, 6.45) is 6.43. The summed E-state index contributed by atoms with van der Waals surface area (Å²) >= 11 is 0. The first-order chi connectivity index (χ1) is 7.30. The first kappa shape index (κ1) is 11.1. The SMILES string of the molecule is CC(C)[C@]1(O)CC2[C@@]3(C)CC[C@]2(C)CC1C3. The minimum Gasteiger partial charge on any atom is -0.389 e. The molecule has 0 aromatic heterocycles. The molecule has 0 radical (unpaired) electrons. The molecular weight excluding hydrogens is 196 g/mol. The zero-order chi connectivity index (χ0) is 11.8. The lowest BCUT2D eigenvalue weighted by atomic mass is 9.46. The molecule has 4 aliphatic rings. The Bertz CT molecular complexity index is 303. The van der Waals surface area contributed by atoms with Crippen LogP contribution in [0.2, 0.25) is 0 Å². The van der Waals surface area contributed by atoms with Crippen LogP contribution >= 0.6 is 0 Å². The summed E-state index contributed by atoms with van der Waals surface area (Å²) in [6.45, 7) is 9.37. The molecule has 0 aromatic rings. The van der Waals surface area contributed by atoms with Gasteiger partial charge in [0.15, 0.2) is 0 Å². The zero-order valence-corrected chi connectivity index (χ0v) is 11.2. The van der Waals surface area contributed by atoms with E-state index in [0.717, 1.165) is 12.3 Å². The summed E-state index contributed by atoms with van der Waals surface area (Å²) in [6, 6.07) is 0. The number of fused-ring (bicyclic) bond motifs is 1. The van der Waals surface area contributed by atoms with E-state index in [2.05, 4.69) is 27.7 Å². The van der Waals surface area contributed by atoms with Gasteiger partial charge in [-0.1, -0.05) is 27.7 Å². The lowest BCUT2D eigenvalue weighted by molar-refractivity contribution is -0.192. The Morgan fingerprint density at radius 3 is 1.88 bits per heavy atom. The van der Waals surface area contributed by atoms with Gasteiger partial charge in [-0.05, 0) is 60.7 Å². The number of aliphatic hydroxyl groups is 1. The van der Waals surface area contributed by atoms with Crippen LogP contribution in [0.4, 0.5) is 0 Å². The van der Waals surface area contributed by atoms with Gasteiger partial charge in [0.1, 0.15) is 0 Å². The molecule has 16 heavy (non-hydrogen) atoms. The molecule has 1 nitrogen and oxygen atoms in total. The van der Waals surface area contributed by atoms with Crippen LogP contribution in [0.1, 0.15) is 59.8 Å². The summed E-state index contributed by atoms with van der Waals surface area (Å²) in [4.78, 5) is 0. The van der Waals surface area contributed by atoms with E-state index < -0.39 is 0 Å². The van der Waals surface area contributed by atoms with Crippen molar-refractivity contribution in [1.29, 1.82) is 0 Å². The lowest BCUT2D eigenvalue weighted by Crippen LogP contribution is -2.59. The molecule has 0 saturated heterocycles. The highest BCUT2D eigenvalue weighted by Crippen LogP contribution is 2.71. The molecule has 5 atom stereocenters. The monoisotopic (exact) mass is 222 g/mol. The van der Waals surface area contributed by atoms with Gasteiger partial charge in [-0.3, -0.25) is 0 Å². The quantitative estimate of drug-likeness (QED) is 0.718. The highest BCUT2D eigenvalue weighted by Gasteiger charge is 2.66. The first-order valence-electron chi connectivity index (χ1n) is 7.03. The summed E-state index contributed by atoms with van der Waals surface area (Å²) in [7, 11) is 0. The molecule has 0 amide bonds. The van der Waals surface area contributed by atoms with Gasteiger partial charge in [-0.15, -0.1) is 0 Å². The third-order valence-electron chi connectivity index (χ3n) is 6.61. The van der Waals surface area contributed by atoms with Crippen molar-refractivity contribution in [2.24, 2.45) is 28.6 Å². The predicted octanol–water partition coefficient (Wildman–Crippen LogP) is 3.61. The van der Waals surface area contributed by atoms with Gasteiger partial charge in [-0.25, -0.2) is 0 Å². The molecule has 4 saturated carbocycles. The van der Waals surface area contributed by atoms with E-state index in [0.29, 0.717) is 22.7 Å². The maximum absolute atomic E-state index is 10.9. The van der Waals surface area contributed by atoms with Gasteiger partial charge in [0.2, 0.25) is 0 Å². The van der Waals surface area contributed by atoms with E-state index >= 15 is 0 Å². The van der Waals surface area contributed by atoms with Crippen LogP contribution in [-0.4, -0.2) is 10.7 Å². The van der Waals surface area contributed by atoms with Gasteiger partial charge in [-0.2, -0.15) is 0 Å². The Kier molecular flexibility index (Phi) is 1.98. The Hall–Kier alpha value is -0.0400. The molecule has 1 N–H and O–H groups in total. The first-order valence-corrected chi connectivity index (χ1v) is 7.03. The fourth-order valence-corrected chi connectivity index (χ4v) is 5.49. The normalized spacial score (nSPS) is 59.6. The number of hydrogen-bond acceptors (Lipinski definition) is 1. The maximum Gasteiger partial charge on any atom is 0.0702 e. The summed E-state index contributed by atoms with van der Waals surface area (Å²) in [5.74, 6) is 1.76. The Morgan fingerprint density at radius 2 is 1.50 bits per heavy atom. The van der Waals surface area contributed by atoms with Crippen LogP contribution in [0, 0.1) is 28.6 Å². The molecule has 4 rings (SSSR count). The molecule has 4 bridgehead atoms. The van der Waals surface area contributed by atoms with Crippen molar-refractivity contribution >= 4 is 0 Å². The fraction of sp³-hybridized carbons (Fsp3) is 1.00. The van der Waals surface area contributed by atoms with Crippen molar-refractivity contribution in [2.45, 2.75) is 65.4 Å². The van der Waals surface area contributed by atoms with E-state index in [1.807, 2.05) is 0 Å². The molecule has 4 aliphatic carbocycles. The smallest absolute Gasteiger partial charge is 0.0702 e. The molecule has 2 unspecified atom stereocenters. The molecule has 0 heterocycles. The maximum atomic E-state index is 10.9. The van der Waals surface area contributed by atoms with E-state index in [1.165, 1.54) is 25.7 Å². The molecule has 92 valence electrons. The second-order valence-electron chi connectivity index (χ2n) is 7.82. The van der Waals surface area contributed by atoms with E-state index in [4.69, 9.17) is 0 Å². The second-order valence-corrected chi connectivity index (χ2v) is 7.82. The average Bonchev–Trinajstić information content (AvgIpc) is 2.36. The fourth-order valence-electron chi connectivity index (χ4n) is 5.49. The third kappa shape index (κ3) is 1.11. The van der Waals surface area contributed by atoms with Crippen LogP contribution in [0.5, 0.6) is 0 Å². The van der Waals surface area contributed by atoms with E-state index in [9.17, 15) is 5.11 Å². The second kappa shape index (κ2) is 2.85. The van der Waals surface area contributed by atoms with E-state index in [1.54, 1.807) is 0 Å². The van der Waals surface area contributed by atoms with Crippen molar-refractivity contribution in [3.63, 3.8) is 0 Å². The molecule has 4 fully saturated rings. The van der Waals surface area contributed by atoms with Crippen LogP contribution in [0.3, 0.4) is 0 Å². The van der Waals surface area contributed by atoms with Crippen molar-refractivity contribution in [3.8, 4) is 0 Å². The van der Waals surface area contributed by atoms with Gasteiger partial charge in [0, 0.05) is 0 Å². The number of hydrogen-bond donors (Lipinski definition) is 1. The van der Waals surface area contributed by atoms with Crippen molar-refractivity contribution in [1.82, 2.24) is 0 Å². The summed E-state index contributed by atoms with van der Waals surface area (Å²) in [5, 5.41) is 10.9. The highest BCUT2D eigenvalue weighted by atomic mass is 16.3. The number of rotatable bonds is 1. The lowest BCUT2D eigenvalue weighted by Gasteiger charge is -2.61. The average molecular weight is 222 g/mol. The van der Waals surface area contributed by atoms with Crippen molar-refractivity contribution in [3.05, 3.63) is 0 Å². The highest BCUT2D eigenvalue weighted by molar-refractivity contribution is 5.16. The van der Waals surface area contributed by atoms with Gasteiger partial charge >= 0.3 is 0 Å². The van der Waals surface area contributed by atoms with Crippen molar-refractivity contribution < 1.29 is 5.11 Å². The minimum absolute atomic E-state index is 0.353. The van der Waals surface area contributed by atoms with E-state index in [-0.39, 0.29) is 5.60 Å². The zero-order valence-electron chi connectivity index (χ0n) is 11.2. The molecular formula is C15H26O. The molecule has 0 aliphatic heterocycles. The minimum atomic E-state index is -0.353. The van der Waals surface area contributed by atoms with Gasteiger partial charge in [0.25, 0.3) is 0 Å². The van der Waals surface area contributed by atoms with Gasteiger partial charge in [0.05, 0.1) is 5.60 Å². The Balaban J connectivity index is 2.00. The molecule has 0 aromatic carbocycles. The van der Waals surface area contributed by atoms with Crippen LogP contribution in [0.15, 0.2) is 0 Å². The summed E-state index contributed by atoms with van der Waals surface area (Å²) < 4.78 is 0. The van der Waals surface area contributed by atoms with Crippen molar-refractivity contribution in [2.75, 3.05) is 0 Å².